The predicted octanol–water partition coefficient (Wildman–Crippen LogP) is 1.57. The monoisotopic (exact) mass is 235 g/mol. The molecule has 1 aliphatic carbocycles. The molecule has 2 N–H and O–H groups in total. The molecule has 0 saturated carbocycles. The van der Waals surface area contributed by atoms with Gasteiger partial charge in [-0.1, -0.05) is 6.07 Å². The Labute approximate surface area is 101 Å². The SMILES string of the molecule is COC(=O)C(C)Oc1ccc2c(c1)CC[C@@H]2N. The molecule has 1 aromatic carbocycles. The number of esters is 1. The van der Waals surface area contributed by atoms with E-state index in [2.05, 4.69) is 4.74 Å². The maximum absolute atomic E-state index is 11.2. The minimum absolute atomic E-state index is 0.136. The molecule has 1 unspecified atom stereocenters. The average molecular weight is 235 g/mol. The average Bonchev–Trinajstić information content (AvgIpc) is 2.69. The second-order valence-electron chi connectivity index (χ2n) is 4.29. The van der Waals surface area contributed by atoms with Crippen LogP contribution in [-0.4, -0.2) is 19.2 Å². The van der Waals surface area contributed by atoms with E-state index in [9.17, 15) is 4.79 Å². The number of ether oxygens (including phenoxy) is 2. The third kappa shape index (κ3) is 2.42. The molecule has 2 rings (SSSR count). The number of carbonyl (C=O) groups excluding carboxylic acids is 1. The van der Waals surface area contributed by atoms with Gasteiger partial charge in [-0.25, -0.2) is 4.79 Å². The molecular weight excluding hydrogens is 218 g/mol. The number of rotatable bonds is 3. The Hall–Kier alpha value is -1.55. The van der Waals surface area contributed by atoms with Crippen LogP contribution < -0.4 is 10.5 Å². The second kappa shape index (κ2) is 4.75. The summed E-state index contributed by atoms with van der Waals surface area (Å²) in [6.07, 6.45) is 1.36. The number of hydrogen-bond acceptors (Lipinski definition) is 4. The Kier molecular flexibility index (Phi) is 3.33. The number of nitrogens with two attached hydrogens (primary N) is 1. The highest BCUT2D eigenvalue weighted by atomic mass is 16.6. The maximum Gasteiger partial charge on any atom is 0.346 e. The summed E-state index contributed by atoms with van der Waals surface area (Å²) in [5.74, 6) is 0.318. The smallest absolute Gasteiger partial charge is 0.346 e. The first-order chi connectivity index (χ1) is 8.11. The molecule has 0 amide bonds. The highest BCUT2D eigenvalue weighted by Crippen LogP contribution is 2.32. The molecule has 2 atom stereocenters. The summed E-state index contributed by atoms with van der Waals surface area (Å²) in [5.41, 5.74) is 8.35. The van der Waals surface area contributed by atoms with Gasteiger partial charge in [0.05, 0.1) is 7.11 Å². The van der Waals surface area contributed by atoms with Crippen LogP contribution in [0.1, 0.15) is 30.5 Å². The molecule has 0 aliphatic heterocycles. The molecule has 0 heterocycles. The Morgan fingerprint density at radius 1 is 1.53 bits per heavy atom. The van der Waals surface area contributed by atoms with Crippen LogP contribution in [0.25, 0.3) is 0 Å². The minimum Gasteiger partial charge on any atom is -0.479 e. The largest absolute Gasteiger partial charge is 0.479 e. The Bertz CT molecular complexity index is 431. The van der Waals surface area contributed by atoms with E-state index in [0.717, 1.165) is 12.8 Å². The zero-order valence-corrected chi connectivity index (χ0v) is 10.1. The lowest BCUT2D eigenvalue weighted by molar-refractivity contribution is -0.147. The van der Waals surface area contributed by atoms with Gasteiger partial charge in [0.15, 0.2) is 6.10 Å². The van der Waals surface area contributed by atoms with Crippen molar-refractivity contribution < 1.29 is 14.3 Å². The van der Waals surface area contributed by atoms with Crippen molar-refractivity contribution in [2.75, 3.05) is 7.11 Å². The van der Waals surface area contributed by atoms with Gasteiger partial charge in [0.25, 0.3) is 0 Å². The van der Waals surface area contributed by atoms with Crippen LogP contribution in [-0.2, 0) is 16.0 Å². The van der Waals surface area contributed by atoms with Gasteiger partial charge in [0.1, 0.15) is 5.75 Å². The summed E-state index contributed by atoms with van der Waals surface area (Å²) in [5, 5.41) is 0. The number of benzene rings is 1. The van der Waals surface area contributed by atoms with Gasteiger partial charge >= 0.3 is 5.97 Å². The van der Waals surface area contributed by atoms with Crippen molar-refractivity contribution in [3.05, 3.63) is 29.3 Å². The summed E-state index contributed by atoms with van der Waals surface area (Å²) in [6.45, 7) is 1.67. The van der Waals surface area contributed by atoms with E-state index >= 15 is 0 Å². The fraction of sp³-hybridized carbons (Fsp3) is 0.462. The highest BCUT2D eigenvalue weighted by molar-refractivity contribution is 5.74. The van der Waals surface area contributed by atoms with E-state index in [1.165, 1.54) is 18.2 Å². The van der Waals surface area contributed by atoms with Gasteiger partial charge in [-0.15, -0.1) is 0 Å². The van der Waals surface area contributed by atoms with Crippen LogP contribution in [0, 0.1) is 0 Å². The van der Waals surface area contributed by atoms with E-state index < -0.39 is 6.10 Å². The molecule has 4 nitrogen and oxygen atoms in total. The molecular formula is C13H17NO3. The summed E-state index contributed by atoms with van der Waals surface area (Å²) in [6, 6.07) is 5.93. The van der Waals surface area contributed by atoms with Crippen molar-refractivity contribution in [1.29, 1.82) is 0 Å². The van der Waals surface area contributed by atoms with E-state index in [0.29, 0.717) is 5.75 Å². The first-order valence-corrected chi connectivity index (χ1v) is 5.74. The van der Waals surface area contributed by atoms with E-state index in [1.807, 2.05) is 18.2 Å². The Morgan fingerprint density at radius 2 is 2.29 bits per heavy atom. The van der Waals surface area contributed by atoms with E-state index in [1.54, 1.807) is 6.92 Å². The fourth-order valence-corrected chi connectivity index (χ4v) is 2.12. The van der Waals surface area contributed by atoms with Gasteiger partial charge < -0.3 is 15.2 Å². The second-order valence-corrected chi connectivity index (χ2v) is 4.29. The molecule has 0 spiro atoms. The highest BCUT2D eigenvalue weighted by Gasteiger charge is 2.20. The lowest BCUT2D eigenvalue weighted by atomic mass is 10.1. The first kappa shape index (κ1) is 11.9. The van der Waals surface area contributed by atoms with Crippen molar-refractivity contribution in [3.8, 4) is 5.75 Å². The Morgan fingerprint density at radius 3 is 3.00 bits per heavy atom. The predicted molar refractivity (Wildman–Crippen MR) is 63.8 cm³/mol. The number of methoxy groups -OCH3 is 1. The third-order valence-electron chi connectivity index (χ3n) is 3.08. The normalized spacial score (nSPS) is 19.6. The summed E-state index contributed by atoms with van der Waals surface area (Å²) < 4.78 is 10.1. The molecule has 0 saturated heterocycles. The van der Waals surface area contributed by atoms with Crippen LogP contribution in [0.4, 0.5) is 0 Å². The third-order valence-corrected chi connectivity index (χ3v) is 3.08. The molecule has 0 bridgehead atoms. The molecule has 92 valence electrons. The van der Waals surface area contributed by atoms with E-state index in [4.69, 9.17) is 10.5 Å². The lowest BCUT2D eigenvalue weighted by Crippen LogP contribution is -2.24. The minimum atomic E-state index is -0.590. The zero-order chi connectivity index (χ0) is 12.4. The first-order valence-electron chi connectivity index (χ1n) is 5.74. The van der Waals surface area contributed by atoms with Crippen LogP contribution in [0.15, 0.2) is 18.2 Å². The number of carbonyl (C=O) groups is 1. The van der Waals surface area contributed by atoms with Crippen molar-refractivity contribution in [3.63, 3.8) is 0 Å². The molecule has 17 heavy (non-hydrogen) atoms. The standard InChI is InChI=1S/C13H17NO3/c1-8(13(15)16-2)17-10-4-5-11-9(7-10)3-6-12(11)14/h4-5,7-8,12H,3,6,14H2,1-2H3/t8?,12-/m0/s1. The quantitative estimate of drug-likeness (QED) is 0.808. The van der Waals surface area contributed by atoms with Gasteiger partial charge in [-0.3, -0.25) is 0 Å². The molecule has 0 radical (unpaired) electrons. The van der Waals surface area contributed by atoms with E-state index in [-0.39, 0.29) is 12.0 Å². The maximum atomic E-state index is 11.2. The summed E-state index contributed by atoms with van der Waals surface area (Å²) >= 11 is 0. The molecule has 1 aliphatic rings. The van der Waals surface area contributed by atoms with Crippen molar-refractivity contribution >= 4 is 5.97 Å². The Balaban J connectivity index is 2.11. The number of aryl methyl sites for hydroxylation is 1. The van der Waals surface area contributed by atoms with Crippen molar-refractivity contribution in [2.45, 2.75) is 31.9 Å². The lowest BCUT2D eigenvalue weighted by Gasteiger charge is -2.13. The zero-order valence-electron chi connectivity index (χ0n) is 10.1. The molecule has 4 heteroatoms. The van der Waals surface area contributed by atoms with Crippen LogP contribution in [0.5, 0.6) is 5.75 Å². The topological polar surface area (TPSA) is 61.5 Å². The molecule has 0 fully saturated rings. The van der Waals surface area contributed by atoms with Gasteiger partial charge in [0, 0.05) is 6.04 Å². The van der Waals surface area contributed by atoms with Gasteiger partial charge in [0.2, 0.25) is 0 Å². The van der Waals surface area contributed by atoms with Crippen LogP contribution >= 0.6 is 0 Å². The summed E-state index contributed by atoms with van der Waals surface area (Å²) in [4.78, 5) is 11.2. The van der Waals surface area contributed by atoms with Crippen molar-refractivity contribution in [1.82, 2.24) is 0 Å². The summed E-state index contributed by atoms with van der Waals surface area (Å²) in [7, 11) is 1.35. The molecule has 0 aromatic heterocycles. The van der Waals surface area contributed by atoms with Gasteiger partial charge in [-0.05, 0) is 43.0 Å². The van der Waals surface area contributed by atoms with Crippen LogP contribution in [0.2, 0.25) is 0 Å². The van der Waals surface area contributed by atoms with Crippen molar-refractivity contribution in [2.24, 2.45) is 5.73 Å². The number of hydrogen-bond donors (Lipinski definition) is 1. The van der Waals surface area contributed by atoms with Gasteiger partial charge in [-0.2, -0.15) is 0 Å². The number of fused-ring (bicyclic) bond motifs is 1. The molecule has 1 aromatic rings. The van der Waals surface area contributed by atoms with Crippen LogP contribution in [0.3, 0.4) is 0 Å². The fourth-order valence-electron chi connectivity index (χ4n) is 2.12.